The maximum atomic E-state index is 11.8. The summed E-state index contributed by atoms with van der Waals surface area (Å²) in [7, 11) is 5.34. The van der Waals surface area contributed by atoms with Gasteiger partial charge in [0.2, 0.25) is 0 Å². The summed E-state index contributed by atoms with van der Waals surface area (Å²) < 4.78 is 10.5. The zero-order chi connectivity index (χ0) is 19.8. The van der Waals surface area contributed by atoms with Crippen molar-refractivity contribution in [2.45, 2.75) is 58.8 Å². The maximum absolute atomic E-state index is 11.8. The number of likely N-dealkylation sites (N-methyl/N-ethyl adjacent to an activating group) is 1. The van der Waals surface area contributed by atoms with Crippen LogP contribution in [0.5, 0.6) is 11.5 Å². The fraction of sp³-hybridized carbons (Fsp3) is 0.696. The van der Waals surface area contributed by atoms with E-state index in [1.54, 1.807) is 14.2 Å². The lowest BCUT2D eigenvalue weighted by Gasteiger charge is -2.35. The van der Waals surface area contributed by atoms with Gasteiger partial charge < -0.3 is 14.8 Å². The third-order valence-corrected chi connectivity index (χ3v) is 7.74. The molecule has 1 aromatic rings. The van der Waals surface area contributed by atoms with Crippen molar-refractivity contribution in [2.75, 3.05) is 27.8 Å². The monoisotopic (exact) mass is 373 g/mol. The first-order valence-corrected chi connectivity index (χ1v) is 10.3. The second kappa shape index (κ2) is 7.46. The number of rotatable bonds is 5. The summed E-state index contributed by atoms with van der Waals surface area (Å²) in [6.45, 7) is 7.79. The molecular weight excluding hydrogens is 338 g/mol. The molecule has 4 heteroatoms. The molecule has 0 radical (unpaired) electrons. The summed E-state index contributed by atoms with van der Waals surface area (Å²) in [5.74, 6) is 3.53. The molecule has 0 heterocycles. The molecule has 0 amide bonds. The topological polar surface area (TPSA) is 47.6 Å². The van der Waals surface area contributed by atoms with Gasteiger partial charge >= 0.3 is 0 Å². The van der Waals surface area contributed by atoms with Crippen LogP contribution in [0.1, 0.15) is 63.5 Å². The van der Waals surface area contributed by atoms with Gasteiger partial charge in [0.15, 0.2) is 11.5 Å². The summed E-state index contributed by atoms with van der Waals surface area (Å²) >= 11 is 0. The van der Waals surface area contributed by atoms with Crippen LogP contribution < -0.4 is 14.8 Å². The van der Waals surface area contributed by atoms with Crippen molar-refractivity contribution in [1.29, 1.82) is 0 Å². The molecule has 0 aromatic heterocycles. The SMILES string of the molecule is CC[C@]12CC[C@H](CC1=O)C2(C)C.CNC[C@H]1Cc2cc(OC)c(OC)cc21. The summed E-state index contributed by atoms with van der Waals surface area (Å²) in [6.07, 6.45) is 5.49. The molecule has 0 spiro atoms. The van der Waals surface area contributed by atoms with Crippen molar-refractivity contribution in [3.63, 3.8) is 0 Å². The molecule has 3 aliphatic carbocycles. The number of nitrogens with one attached hydrogen (secondary N) is 1. The van der Waals surface area contributed by atoms with Gasteiger partial charge in [0.1, 0.15) is 5.78 Å². The molecule has 2 bridgehead atoms. The number of methoxy groups -OCH3 is 2. The zero-order valence-electron chi connectivity index (χ0n) is 17.8. The number of ketones is 1. The number of hydrogen-bond acceptors (Lipinski definition) is 4. The van der Waals surface area contributed by atoms with E-state index in [2.05, 4.69) is 38.2 Å². The molecule has 1 aromatic carbocycles. The second-order valence-corrected chi connectivity index (χ2v) is 8.88. The third-order valence-electron chi connectivity index (χ3n) is 7.74. The van der Waals surface area contributed by atoms with Gasteiger partial charge in [-0.05, 0) is 67.3 Å². The van der Waals surface area contributed by atoms with Gasteiger partial charge in [0, 0.05) is 24.3 Å². The van der Waals surface area contributed by atoms with Gasteiger partial charge in [-0.2, -0.15) is 0 Å². The normalized spacial score (nSPS) is 29.5. The highest BCUT2D eigenvalue weighted by molar-refractivity contribution is 5.89. The Morgan fingerprint density at radius 1 is 1.15 bits per heavy atom. The van der Waals surface area contributed by atoms with E-state index in [1.165, 1.54) is 17.5 Å². The summed E-state index contributed by atoms with van der Waals surface area (Å²) in [4.78, 5) is 11.8. The van der Waals surface area contributed by atoms with Gasteiger partial charge in [-0.1, -0.05) is 20.8 Å². The smallest absolute Gasteiger partial charge is 0.161 e. The van der Waals surface area contributed by atoms with Gasteiger partial charge in [-0.15, -0.1) is 0 Å². The van der Waals surface area contributed by atoms with Crippen LogP contribution in [0.25, 0.3) is 0 Å². The molecule has 4 rings (SSSR count). The maximum Gasteiger partial charge on any atom is 0.161 e. The highest BCUT2D eigenvalue weighted by atomic mass is 16.5. The van der Waals surface area contributed by atoms with E-state index in [1.807, 2.05) is 7.05 Å². The van der Waals surface area contributed by atoms with E-state index in [0.717, 1.165) is 43.7 Å². The fourth-order valence-electron chi connectivity index (χ4n) is 5.77. The molecule has 0 saturated heterocycles. The molecule has 0 unspecified atom stereocenters. The van der Waals surface area contributed by atoms with Gasteiger partial charge in [0.05, 0.1) is 14.2 Å². The second-order valence-electron chi connectivity index (χ2n) is 8.88. The van der Waals surface area contributed by atoms with E-state index >= 15 is 0 Å². The Morgan fingerprint density at radius 3 is 2.26 bits per heavy atom. The first kappa shape index (κ1) is 20.2. The number of benzene rings is 1. The Kier molecular flexibility index (Phi) is 5.58. The molecule has 1 N–H and O–H groups in total. The minimum atomic E-state index is 0.0671. The number of carbonyl (C=O) groups is 1. The van der Waals surface area contributed by atoms with Crippen LogP contribution >= 0.6 is 0 Å². The van der Waals surface area contributed by atoms with Crippen LogP contribution in [-0.2, 0) is 11.2 Å². The molecule has 2 saturated carbocycles. The van der Waals surface area contributed by atoms with E-state index in [-0.39, 0.29) is 5.41 Å². The van der Waals surface area contributed by atoms with Crippen LogP contribution in [0.2, 0.25) is 0 Å². The van der Waals surface area contributed by atoms with Crippen LogP contribution in [0, 0.1) is 16.7 Å². The van der Waals surface area contributed by atoms with Crippen molar-refractivity contribution in [3.05, 3.63) is 23.3 Å². The minimum Gasteiger partial charge on any atom is -0.493 e. The van der Waals surface area contributed by atoms with Gasteiger partial charge in [-0.3, -0.25) is 4.79 Å². The van der Waals surface area contributed by atoms with Crippen molar-refractivity contribution in [3.8, 4) is 11.5 Å². The van der Waals surface area contributed by atoms with Crippen LogP contribution in [0.15, 0.2) is 12.1 Å². The van der Waals surface area contributed by atoms with Crippen molar-refractivity contribution in [2.24, 2.45) is 16.7 Å². The lowest BCUT2D eigenvalue weighted by molar-refractivity contribution is -0.129. The molecule has 2 fully saturated rings. The Labute approximate surface area is 164 Å². The summed E-state index contributed by atoms with van der Waals surface area (Å²) in [5, 5.41) is 3.20. The third kappa shape index (κ3) is 3.06. The number of ether oxygens (including phenoxy) is 2. The molecule has 150 valence electrons. The van der Waals surface area contributed by atoms with Gasteiger partial charge in [0.25, 0.3) is 0 Å². The fourth-order valence-corrected chi connectivity index (χ4v) is 5.77. The number of hydrogen-bond donors (Lipinski definition) is 1. The van der Waals surface area contributed by atoms with Crippen LogP contribution in [0.3, 0.4) is 0 Å². The molecule has 0 aliphatic heterocycles. The Morgan fingerprint density at radius 2 is 1.81 bits per heavy atom. The van der Waals surface area contributed by atoms with E-state index < -0.39 is 0 Å². The molecule has 27 heavy (non-hydrogen) atoms. The van der Waals surface area contributed by atoms with Crippen molar-refractivity contribution >= 4 is 5.78 Å². The van der Waals surface area contributed by atoms with E-state index in [0.29, 0.717) is 23.0 Å². The minimum absolute atomic E-state index is 0.0671. The van der Waals surface area contributed by atoms with Crippen LogP contribution in [0.4, 0.5) is 0 Å². The predicted octanol–water partition coefficient (Wildman–Crippen LogP) is 4.35. The highest BCUT2D eigenvalue weighted by Crippen LogP contribution is 2.65. The number of carbonyl (C=O) groups excluding carboxylic acids is 1. The Bertz CT molecular complexity index is 712. The first-order valence-electron chi connectivity index (χ1n) is 10.3. The van der Waals surface area contributed by atoms with Crippen molar-refractivity contribution in [1.82, 2.24) is 5.32 Å². The predicted molar refractivity (Wildman–Crippen MR) is 109 cm³/mol. The molecule has 3 aliphatic rings. The lowest BCUT2D eigenvalue weighted by atomic mass is 9.67. The summed E-state index contributed by atoms with van der Waals surface area (Å²) in [6, 6.07) is 4.18. The zero-order valence-corrected chi connectivity index (χ0v) is 17.8. The molecule has 3 atom stereocenters. The average molecular weight is 374 g/mol. The van der Waals surface area contributed by atoms with E-state index in [4.69, 9.17) is 9.47 Å². The quantitative estimate of drug-likeness (QED) is 0.833. The van der Waals surface area contributed by atoms with Crippen molar-refractivity contribution < 1.29 is 14.3 Å². The standard InChI is InChI=1S/C12H17NO2.C11H18O/c1-13-7-9-4-8-5-11(14-2)12(15-3)6-10(8)9;1-4-11-6-5-8(7-9(11)12)10(11,2)3/h5-6,9,13H,4,7H2,1-3H3;8H,4-7H2,1-3H3/t9-;8-,11+/m11/s1. The highest BCUT2D eigenvalue weighted by Gasteiger charge is 2.62. The van der Waals surface area contributed by atoms with Crippen LogP contribution in [-0.4, -0.2) is 33.6 Å². The average Bonchev–Trinajstić information content (AvgIpc) is 3.01. The number of fused-ring (bicyclic) bond motifs is 3. The lowest BCUT2D eigenvalue weighted by Crippen LogP contribution is -2.34. The molecule has 4 nitrogen and oxygen atoms in total. The summed E-state index contributed by atoms with van der Waals surface area (Å²) in [5.41, 5.74) is 3.13. The number of Topliss-reactive ketones (excluding diaryl/α,β-unsaturated/α-hetero) is 1. The Hall–Kier alpha value is -1.55. The largest absolute Gasteiger partial charge is 0.493 e. The molecular formula is C23H35NO3. The Balaban J connectivity index is 0.000000159. The van der Waals surface area contributed by atoms with Gasteiger partial charge in [-0.25, -0.2) is 0 Å². The first-order chi connectivity index (χ1) is 12.8. The van der Waals surface area contributed by atoms with E-state index in [9.17, 15) is 4.79 Å².